The normalized spacial score (nSPS) is 19.7. The average Bonchev–Trinajstić information content (AvgIpc) is 2.65. The molecule has 0 saturated carbocycles. The van der Waals surface area contributed by atoms with Crippen molar-refractivity contribution in [2.45, 2.75) is 66.7 Å². The number of amides is 2. The number of imide groups is 1. The Kier molecular flexibility index (Phi) is 6.11. The maximum Gasteiger partial charge on any atom is 0.233 e. The van der Waals surface area contributed by atoms with Crippen LogP contribution in [0, 0.1) is 17.3 Å². The van der Waals surface area contributed by atoms with Crippen LogP contribution in [0.3, 0.4) is 0 Å². The second-order valence-electron chi connectivity index (χ2n) is 7.44. The molecule has 1 aliphatic rings. The summed E-state index contributed by atoms with van der Waals surface area (Å²) in [5.41, 5.74) is -0.162. The predicted octanol–water partition coefficient (Wildman–Crippen LogP) is 3.19. The zero-order valence-electron chi connectivity index (χ0n) is 14.1. The van der Waals surface area contributed by atoms with Gasteiger partial charge < -0.3 is 0 Å². The zero-order valence-corrected chi connectivity index (χ0v) is 14.1. The smallest absolute Gasteiger partial charge is 0.233 e. The van der Waals surface area contributed by atoms with Crippen LogP contribution in [0.25, 0.3) is 0 Å². The minimum Gasteiger partial charge on any atom is -0.299 e. The third-order valence-corrected chi connectivity index (χ3v) is 4.24. The van der Waals surface area contributed by atoms with Crippen LogP contribution in [-0.4, -0.2) is 29.0 Å². The van der Waals surface area contributed by atoms with E-state index in [4.69, 9.17) is 0 Å². The molecule has 4 heteroatoms. The highest BCUT2D eigenvalue weighted by molar-refractivity contribution is 6.03. The fraction of sp³-hybridized carbons (Fsp3) is 0.824. The highest BCUT2D eigenvalue weighted by Crippen LogP contribution is 2.35. The van der Waals surface area contributed by atoms with Crippen molar-refractivity contribution in [3.05, 3.63) is 0 Å². The minimum absolute atomic E-state index is 0.0224. The summed E-state index contributed by atoms with van der Waals surface area (Å²) in [6.07, 6.45) is 3.46. The molecule has 1 aliphatic heterocycles. The van der Waals surface area contributed by atoms with Crippen molar-refractivity contribution >= 4 is 17.6 Å². The van der Waals surface area contributed by atoms with Crippen molar-refractivity contribution in [2.75, 3.05) is 6.54 Å². The Hall–Kier alpha value is -1.19. The highest BCUT2D eigenvalue weighted by Gasteiger charge is 2.44. The quantitative estimate of drug-likeness (QED) is 0.535. The monoisotopic (exact) mass is 295 g/mol. The van der Waals surface area contributed by atoms with E-state index in [9.17, 15) is 14.4 Å². The molecule has 0 radical (unpaired) electrons. The van der Waals surface area contributed by atoms with Crippen LogP contribution in [0.1, 0.15) is 66.7 Å². The molecule has 21 heavy (non-hydrogen) atoms. The molecule has 1 unspecified atom stereocenters. The number of ketones is 1. The molecular formula is C17H29NO3. The van der Waals surface area contributed by atoms with E-state index < -0.39 is 0 Å². The summed E-state index contributed by atoms with van der Waals surface area (Å²) in [4.78, 5) is 37.1. The number of unbranched alkanes of at least 4 members (excludes halogenated alkanes) is 2. The molecule has 0 aromatic heterocycles. The Morgan fingerprint density at radius 1 is 1.19 bits per heavy atom. The lowest BCUT2D eigenvalue weighted by Gasteiger charge is -2.24. The molecule has 1 rings (SSSR count). The molecule has 4 nitrogen and oxygen atoms in total. The lowest BCUT2D eigenvalue weighted by molar-refractivity contribution is -0.140. The number of rotatable bonds is 7. The molecule has 2 amide bonds. The average molecular weight is 295 g/mol. The van der Waals surface area contributed by atoms with Crippen LogP contribution in [0.4, 0.5) is 0 Å². The summed E-state index contributed by atoms with van der Waals surface area (Å²) in [6, 6.07) is 0. The Morgan fingerprint density at radius 2 is 1.81 bits per heavy atom. The van der Waals surface area contributed by atoms with Crippen LogP contribution < -0.4 is 0 Å². The predicted molar refractivity (Wildman–Crippen MR) is 82.6 cm³/mol. The molecule has 1 saturated heterocycles. The number of nitrogens with zero attached hydrogens (tertiary/aromatic N) is 1. The highest BCUT2D eigenvalue weighted by atomic mass is 16.2. The summed E-state index contributed by atoms with van der Waals surface area (Å²) in [7, 11) is 0. The third-order valence-electron chi connectivity index (χ3n) is 4.24. The molecule has 1 heterocycles. The molecular weight excluding hydrogens is 266 g/mol. The van der Waals surface area contributed by atoms with Gasteiger partial charge in [0, 0.05) is 25.3 Å². The van der Waals surface area contributed by atoms with Crippen molar-refractivity contribution in [3.63, 3.8) is 0 Å². The van der Waals surface area contributed by atoms with E-state index in [1.165, 1.54) is 4.90 Å². The van der Waals surface area contributed by atoms with Crippen LogP contribution in [0.5, 0.6) is 0 Å². The SMILES string of the molecule is CC(C)C(=O)CCCCCN1C(=O)CC(C(C)(C)C)C1=O. The summed E-state index contributed by atoms with van der Waals surface area (Å²) >= 11 is 0. The first-order valence-corrected chi connectivity index (χ1v) is 8.01. The van der Waals surface area contributed by atoms with Gasteiger partial charge in [-0.2, -0.15) is 0 Å². The molecule has 1 fully saturated rings. The lowest BCUT2D eigenvalue weighted by atomic mass is 9.80. The van der Waals surface area contributed by atoms with Crippen LogP contribution in [-0.2, 0) is 14.4 Å². The Morgan fingerprint density at radius 3 is 2.29 bits per heavy atom. The van der Waals surface area contributed by atoms with E-state index in [-0.39, 0.29) is 34.8 Å². The van der Waals surface area contributed by atoms with Gasteiger partial charge in [0.25, 0.3) is 0 Å². The third kappa shape index (κ3) is 4.94. The van der Waals surface area contributed by atoms with E-state index in [1.807, 2.05) is 34.6 Å². The first kappa shape index (κ1) is 17.9. The van der Waals surface area contributed by atoms with Gasteiger partial charge in [0.05, 0.1) is 5.92 Å². The molecule has 0 N–H and O–H groups in total. The second-order valence-corrected chi connectivity index (χ2v) is 7.44. The second kappa shape index (κ2) is 7.19. The van der Waals surface area contributed by atoms with E-state index in [0.717, 1.165) is 19.3 Å². The first-order chi connectivity index (χ1) is 9.64. The van der Waals surface area contributed by atoms with E-state index in [2.05, 4.69) is 0 Å². The Labute approximate surface area is 128 Å². The number of hydrogen-bond donors (Lipinski definition) is 0. The lowest BCUT2D eigenvalue weighted by Crippen LogP contribution is -2.34. The first-order valence-electron chi connectivity index (χ1n) is 8.01. The van der Waals surface area contributed by atoms with Crippen LogP contribution in [0.2, 0.25) is 0 Å². The van der Waals surface area contributed by atoms with Crippen molar-refractivity contribution in [1.29, 1.82) is 0 Å². The molecule has 0 aromatic rings. The van der Waals surface area contributed by atoms with Crippen LogP contribution >= 0.6 is 0 Å². The maximum absolute atomic E-state index is 12.3. The molecule has 0 aromatic carbocycles. The van der Waals surface area contributed by atoms with Gasteiger partial charge in [-0.25, -0.2) is 0 Å². The molecule has 0 bridgehead atoms. The van der Waals surface area contributed by atoms with Crippen molar-refractivity contribution in [2.24, 2.45) is 17.3 Å². The summed E-state index contributed by atoms with van der Waals surface area (Å²) in [6.45, 7) is 10.3. The van der Waals surface area contributed by atoms with Crippen molar-refractivity contribution in [3.8, 4) is 0 Å². The number of hydrogen-bond acceptors (Lipinski definition) is 3. The molecule has 0 aliphatic carbocycles. The molecule has 1 atom stereocenters. The minimum atomic E-state index is -0.187. The fourth-order valence-electron chi connectivity index (χ4n) is 2.63. The van der Waals surface area contributed by atoms with Gasteiger partial charge in [-0.05, 0) is 18.3 Å². The number of Topliss-reactive ketones (excluding diaryl/α,β-unsaturated/α-hetero) is 1. The van der Waals surface area contributed by atoms with Gasteiger partial charge >= 0.3 is 0 Å². The van der Waals surface area contributed by atoms with Gasteiger partial charge in [-0.15, -0.1) is 0 Å². The molecule has 120 valence electrons. The van der Waals surface area contributed by atoms with Crippen molar-refractivity contribution < 1.29 is 14.4 Å². The van der Waals surface area contributed by atoms with Gasteiger partial charge in [-0.1, -0.05) is 41.0 Å². The number of carbonyl (C=O) groups is 3. The summed E-state index contributed by atoms with van der Waals surface area (Å²) < 4.78 is 0. The van der Waals surface area contributed by atoms with Crippen LogP contribution in [0.15, 0.2) is 0 Å². The van der Waals surface area contributed by atoms with Gasteiger partial charge in [0.15, 0.2) is 0 Å². The van der Waals surface area contributed by atoms with E-state index >= 15 is 0 Å². The number of carbonyl (C=O) groups excluding carboxylic acids is 3. The van der Waals surface area contributed by atoms with Crippen molar-refractivity contribution in [1.82, 2.24) is 4.90 Å². The van der Waals surface area contributed by atoms with E-state index in [1.54, 1.807) is 0 Å². The fourth-order valence-corrected chi connectivity index (χ4v) is 2.63. The Bertz CT molecular complexity index is 407. The standard InChI is InChI=1S/C17H29NO3/c1-12(2)14(19)9-7-6-8-10-18-15(20)11-13(16(18)21)17(3,4)5/h12-13H,6-11H2,1-5H3. The maximum atomic E-state index is 12.3. The van der Waals surface area contributed by atoms with E-state index in [0.29, 0.717) is 19.4 Å². The Balaban J connectivity index is 2.34. The zero-order chi connectivity index (χ0) is 16.2. The molecule has 0 spiro atoms. The van der Waals surface area contributed by atoms with Gasteiger partial charge in [0.1, 0.15) is 5.78 Å². The van der Waals surface area contributed by atoms with Gasteiger partial charge in [0.2, 0.25) is 11.8 Å². The van der Waals surface area contributed by atoms with Gasteiger partial charge in [-0.3, -0.25) is 19.3 Å². The largest absolute Gasteiger partial charge is 0.299 e. The topological polar surface area (TPSA) is 54.5 Å². The summed E-state index contributed by atoms with van der Waals surface area (Å²) in [5, 5.41) is 0. The summed E-state index contributed by atoms with van der Waals surface area (Å²) in [5.74, 6) is 0.131. The number of likely N-dealkylation sites (tertiary alicyclic amines) is 1.